The third kappa shape index (κ3) is 1.55. The fraction of sp³-hybridized carbons (Fsp3) is 0.222. The maximum absolute atomic E-state index is 5.77. The summed E-state index contributed by atoms with van der Waals surface area (Å²) in [6.07, 6.45) is 0. The topological polar surface area (TPSA) is 73.1 Å². The monoisotopic (exact) mass is 269 g/mol. The number of hydrazine groups is 1. The van der Waals surface area contributed by atoms with Crippen LogP contribution in [0.4, 0.5) is 11.5 Å². The summed E-state index contributed by atoms with van der Waals surface area (Å²) in [5.74, 6) is 6.23. The van der Waals surface area contributed by atoms with Crippen molar-refractivity contribution in [3.05, 3.63) is 16.6 Å². The van der Waals surface area contributed by atoms with Crippen LogP contribution >= 0.6 is 15.9 Å². The van der Waals surface area contributed by atoms with E-state index in [1.165, 1.54) is 0 Å². The molecule has 0 unspecified atom stereocenters. The number of anilines is 2. The van der Waals surface area contributed by atoms with Gasteiger partial charge in [0.2, 0.25) is 0 Å². The molecule has 0 saturated carbocycles. The van der Waals surface area contributed by atoms with Gasteiger partial charge >= 0.3 is 0 Å². The number of aryl methyl sites for hydroxylation is 1. The third-order valence-electron chi connectivity index (χ3n) is 2.33. The molecule has 5 nitrogen and oxygen atoms in total. The van der Waals surface area contributed by atoms with Gasteiger partial charge in [-0.15, -0.1) is 0 Å². The largest absolute Gasteiger partial charge is 0.382 e. The predicted octanol–water partition coefficient (Wildman–Crippen LogP) is 1.23. The van der Waals surface area contributed by atoms with Crippen LogP contribution in [0.1, 0.15) is 0 Å². The van der Waals surface area contributed by atoms with Crippen molar-refractivity contribution >= 4 is 38.3 Å². The molecule has 1 heterocycles. The van der Waals surface area contributed by atoms with E-state index in [0.29, 0.717) is 5.82 Å². The Labute approximate surface area is 95.7 Å². The quantitative estimate of drug-likeness (QED) is 0.603. The predicted molar refractivity (Wildman–Crippen MR) is 65.4 cm³/mol. The van der Waals surface area contributed by atoms with Crippen LogP contribution in [0.3, 0.4) is 0 Å². The molecule has 4 N–H and O–H groups in total. The Bertz CT molecular complexity index is 517. The minimum atomic E-state index is 0.527. The molecule has 1 aromatic carbocycles. The number of halogens is 1. The lowest BCUT2D eigenvalue weighted by molar-refractivity contribution is 0.801. The van der Waals surface area contributed by atoms with Crippen molar-refractivity contribution < 1.29 is 0 Å². The van der Waals surface area contributed by atoms with Crippen molar-refractivity contribution in [1.82, 2.24) is 9.78 Å². The zero-order valence-corrected chi connectivity index (χ0v) is 10.1. The van der Waals surface area contributed by atoms with E-state index >= 15 is 0 Å². The Morgan fingerprint density at radius 3 is 2.73 bits per heavy atom. The zero-order valence-electron chi connectivity index (χ0n) is 8.53. The number of aromatic nitrogens is 2. The Kier molecular flexibility index (Phi) is 2.32. The van der Waals surface area contributed by atoms with Crippen LogP contribution in [0.25, 0.3) is 10.9 Å². The smallest absolute Gasteiger partial charge is 0.153 e. The molecule has 6 heteroatoms. The van der Waals surface area contributed by atoms with Crippen LogP contribution in [-0.4, -0.2) is 16.8 Å². The lowest BCUT2D eigenvalue weighted by atomic mass is 10.2. The van der Waals surface area contributed by atoms with E-state index < -0.39 is 0 Å². The molecule has 0 aliphatic carbocycles. The molecule has 0 atom stereocenters. The van der Waals surface area contributed by atoms with Crippen LogP contribution in [0.15, 0.2) is 16.6 Å². The molecule has 2 rings (SSSR count). The summed E-state index contributed by atoms with van der Waals surface area (Å²) >= 11 is 3.45. The van der Waals surface area contributed by atoms with E-state index in [4.69, 9.17) is 11.6 Å². The lowest BCUT2D eigenvalue weighted by Crippen LogP contribution is -2.25. The lowest BCUT2D eigenvalue weighted by Gasteiger charge is -2.14. The molecule has 15 heavy (non-hydrogen) atoms. The average molecular weight is 270 g/mol. The van der Waals surface area contributed by atoms with Crippen molar-refractivity contribution in [2.45, 2.75) is 0 Å². The van der Waals surface area contributed by atoms with Gasteiger partial charge in [0.15, 0.2) is 5.82 Å². The van der Waals surface area contributed by atoms with Gasteiger partial charge in [-0.25, -0.2) is 5.84 Å². The summed E-state index contributed by atoms with van der Waals surface area (Å²) in [5, 5.41) is 6.62. The van der Waals surface area contributed by atoms with Crippen molar-refractivity contribution in [2.24, 2.45) is 12.9 Å². The van der Waals surface area contributed by atoms with Crippen molar-refractivity contribution in [2.75, 3.05) is 17.8 Å². The summed E-state index contributed by atoms with van der Waals surface area (Å²) < 4.78 is 2.64. The van der Waals surface area contributed by atoms with E-state index in [-0.39, 0.29) is 0 Å². The minimum absolute atomic E-state index is 0.527. The summed E-state index contributed by atoms with van der Waals surface area (Å²) in [6, 6.07) is 3.87. The standard InChI is InChI=1S/C9H12BrN5/c1-14(12)8-4-7-5(3-6(8)10)9(11)13-15(7)2/h3-4H,12H2,1-2H3,(H2,11,13). The van der Waals surface area contributed by atoms with E-state index in [1.54, 1.807) is 16.7 Å². The number of hydrogen-bond acceptors (Lipinski definition) is 4. The maximum atomic E-state index is 5.77. The van der Waals surface area contributed by atoms with Crippen LogP contribution < -0.4 is 16.6 Å². The van der Waals surface area contributed by atoms with Crippen LogP contribution in [0, 0.1) is 0 Å². The molecule has 80 valence electrons. The molecule has 0 bridgehead atoms. The van der Waals surface area contributed by atoms with Crippen molar-refractivity contribution in [3.63, 3.8) is 0 Å². The van der Waals surface area contributed by atoms with E-state index in [2.05, 4.69) is 21.0 Å². The summed E-state index contributed by atoms with van der Waals surface area (Å²) in [6.45, 7) is 0. The van der Waals surface area contributed by atoms with Gasteiger partial charge < -0.3 is 10.7 Å². The number of hydrogen-bond donors (Lipinski definition) is 2. The number of fused-ring (bicyclic) bond motifs is 1. The molecule has 0 aliphatic rings. The number of nitrogen functional groups attached to an aromatic ring is 1. The van der Waals surface area contributed by atoms with Gasteiger partial charge in [0.25, 0.3) is 0 Å². The molecule has 1 aromatic heterocycles. The Morgan fingerprint density at radius 1 is 1.47 bits per heavy atom. The number of benzene rings is 1. The normalized spacial score (nSPS) is 10.9. The van der Waals surface area contributed by atoms with Crippen LogP contribution in [-0.2, 0) is 7.05 Å². The fourth-order valence-corrected chi connectivity index (χ4v) is 2.19. The Morgan fingerprint density at radius 2 is 2.13 bits per heavy atom. The first-order valence-corrected chi connectivity index (χ1v) is 5.20. The SMILES string of the molecule is CN(N)c1cc2c(cc1Br)c(N)nn2C. The van der Waals surface area contributed by atoms with Gasteiger partial charge in [-0.05, 0) is 28.1 Å². The Balaban J connectivity index is 2.79. The second-order valence-electron chi connectivity index (χ2n) is 3.44. The summed E-state index contributed by atoms with van der Waals surface area (Å²) in [7, 11) is 3.64. The van der Waals surface area contributed by atoms with Gasteiger partial charge in [-0.1, -0.05) is 0 Å². The molecule has 0 fully saturated rings. The summed E-state index contributed by atoms with van der Waals surface area (Å²) in [4.78, 5) is 0. The third-order valence-corrected chi connectivity index (χ3v) is 2.96. The maximum Gasteiger partial charge on any atom is 0.153 e. The number of rotatable bonds is 1. The van der Waals surface area contributed by atoms with E-state index in [1.807, 2.05) is 19.2 Å². The highest BCUT2D eigenvalue weighted by atomic mass is 79.9. The first kappa shape index (κ1) is 10.3. The first-order valence-electron chi connectivity index (χ1n) is 4.41. The molecule has 0 saturated heterocycles. The number of nitrogens with two attached hydrogens (primary N) is 2. The van der Waals surface area contributed by atoms with Crippen LogP contribution in [0.2, 0.25) is 0 Å². The molecular formula is C9H12BrN5. The molecule has 0 aliphatic heterocycles. The zero-order chi connectivity index (χ0) is 11.2. The minimum Gasteiger partial charge on any atom is -0.382 e. The highest BCUT2D eigenvalue weighted by Gasteiger charge is 2.10. The van der Waals surface area contributed by atoms with Gasteiger partial charge in [-0.3, -0.25) is 4.68 Å². The average Bonchev–Trinajstić information content (AvgIpc) is 2.41. The molecule has 0 radical (unpaired) electrons. The van der Waals surface area contributed by atoms with Crippen molar-refractivity contribution in [1.29, 1.82) is 0 Å². The van der Waals surface area contributed by atoms with E-state index in [0.717, 1.165) is 21.1 Å². The summed E-state index contributed by atoms with van der Waals surface area (Å²) in [5.41, 5.74) is 7.63. The Hall–Kier alpha value is -1.27. The fourth-order valence-electron chi connectivity index (χ4n) is 1.56. The molecule has 0 amide bonds. The van der Waals surface area contributed by atoms with Gasteiger partial charge in [0.1, 0.15) is 0 Å². The van der Waals surface area contributed by atoms with Gasteiger partial charge in [0, 0.05) is 24.0 Å². The van der Waals surface area contributed by atoms with Crippen molar-refractivity contribution in [3.8, 4) is 0 Å². The second-order valence-corrected chi connectivity index (χ2v) is 4.29. The van der Waals surface area contributed by atoms with E-state index in [9.17, 15) is 0 Å². The van der Waals surface area contributed by atoms with Crippen LogP contribution in [0.5, 0.6) is 0 Å². The second kappa shape index (κ2) is 3.39. The first-order chi connectivity index (χ1) is 7.00. The van der Waals surface area contributed by atoms with Gasteiger partial charge in [0.05, 0.1) is 11.2 Å². The molecular weight excluding hydrogens is 258 g/mol. The van der Waals surface area contributed by atoms with Gasteiger partial charge in [-0.2, -0.15) is 5.10 Å². The molecule has 2 aromatic rings. The highest BCUT2D eigenvalue weighted by molar-refractivity contribution is 9.10. The highest BCUT2D eigenvalue weighted by Crippen LogP contribution is 2.31. The number of nitrogens with zero attached hydrogens (tertiary/aromatic N) is 3. The molecule has 0 spiro atoms.